The lowest BCUT2D eigenvalue weighted by Gasteiger charge is -2.32. The molecule has 2 heterocycles. The molecule has 1 aromatic carbocycles. The first-order valence-corrected chi connectivity index (χ1v) is 7.97. The Bertz CT molecular complexity index is 716. The number of carbonyl (C=O) groups excluding carboxylic acids is 2. The zero-order valence-corrected chi connectivity index (χ0v) is 13.2. The lowest BCUT2D eigenvalue weighted by Crippen LogP contribution is -2.44. The van der Waals surface area contributed by atoms with Crippen molar-refractivity contribution in [3.05, 3.63) is 65.6 Å². The van der Waals surface area contributed by atoms with Gasteiger partial charge < -0.3 is 15.4 Å². The fourth-order valence-corrected chi connectivity index (χ4v) is 2.88. The van der Waals surface area contributed by atoms with Gasteiger partial charge in [0.1, 0.15) is 0 Å². The van der Waals surface area contributed by atoms with Gasteiger partial charge in [0.2, 0.25) is 5.91 Å². The Balaban J connectivity index is 1.64. The van der Waals surface area contributed by atoms with Crippen LogP contribution in [0.25, 0.3) is 0 Å². The average Bonchev–Trinajstić information content (AvgIpc) is 2.63. The van der Waals surface area contributed by atoms with Gasteiger partial charge in [-0.25, -0.2) is 0 Å². The molecule has 6 nitrogen and oxygen atoms in total. The van der Waals surface area contributed by atoms with E-state index in [4.69, 9.17) is 0 Å². The molecule has 1 fully saturated rings. The number of anilines is 1. The molecule has 3 rings (SSSR count). The van der Waals surface area contributed by atoms with Crippen LogP contribution in [0.5, 0.6) is 0 Å². The standard InChI is InChI=1S/C18H19N3O3/c22-17(19-16-6-2-1-3-7-16)15-5-4-10-20(13-15)18(23)14-8-11-21(24)12-9-14/h1-3,6-9,11-12,15H,4-5,10,13H2,(H,19,22). The van der Waals surface area contributed by atoms with Crippen molar-refractivity contribution in [2.24, 2.45) is 5.92 Å². The first-order valence-electron chi connectivity index (χ1n) is 7.97. The van der Waals surface area contributed by atoms with Crippen molar-refractivity contribution in [1.29, 1.82) is 0 Å². The Morgan fingerprint density at radius 3 is 2.54 bits per heavy atom. The van der Waals surface area contributed by atoms with Crippen LogP contribution in [0.3, 0.4) is 0 Å². The number of pyridine rings is 1. The summed E-state index contributed by atoms with van der Waals surface area (Å²) in [5.41, 5.74) is 1.22. The molecule has 0 aliphatic carbocycles. The van der Waals surface area contributed by atoms with Crippen LogP contribution in [-0.4, -0.2) is 29.8 Å². The number of nitrogens with zero attached hydrogens (tertiary/aromatic N) is 2. The van der Waals surface area contributed by atoms with E-state index >= 15 is 0 Å². The maximum absolute atomic E-state index is 12.5. The Labute approximate surface area is 140 Å². The predicted molar refractivity (Wildman–Crippen MR) is 89.1 cm³/mol. The fourth-order valence-electron chi connectivity index (χ4n) is 2.88. The van der Waals surface area contributed by atoms with E-state index in [9.17, 15) is 14.8 Å². The summed E-state index contributed by atoms with van der Waals surface area (Å²) in [5.74, 6) is -0.437. The van der Waals surface area contributed by atoms with Gasteiger partial charge in [-0.1, -0.05) is 18.2 Å². The quantitative estimate of drug-likeness (QED) is 0.691. The number of aromatic nitrogens is 1. The number of carbonyl (C=O) groups is 2. The molecule has 2 amide bonds. The van der Waals surface area contributed by atoms with Gasteiger partial charge in [-0.15, -0.1) is 0 Å². The predicted octanol–water partition coefficient (Wildman–Crippen LogP) is 1.81. The molecule has 1 saturated heterocycles. The maximum atomic E-state index is 12.5. The van der Waals surface area contributed by atoms with Crippen LogP contribution in [0.1, 0.15) is 23.2 Å². The number of likely N-dealkylation sites (tertiary alicyclic amines) is 1. The summed E-state index contributed by atoms with van der Waals surface area (Å²) in [4.78, 5) is 26.6. The lowest BCUT2D eigenvalue weighted by atomic mass is 9.96. The highest BCUT2D eigenvalue weighted by Crippen LogP contribution is 2.20. The highest BCUT2D eigenvalue weighted by Gasteiger charge is 2.29. The topological polar surface area (TPSA) is 76.4 Å². The van der Waals surface area contributed by atoms with Gasteiger partial charge in [-0.3, -0.25) is 9.59 Å². The molecule has 1 unspecified atom stereocenters. The van der Waals surface area contributed by atoms with E-state index in [1.807, 2.05) is 30.3 Å². The summed E-state index contributed by atoms with van der Waals surface area (Å²) in [6, 6.07) is 12.3. The Hall–Kier alpha value is -2.89. The third-order valence-corrected chi connectivity index (χ3v) is 4.17. The Morgan fingerprint density at radius 2 is 1.83 bits per heavy atom. The first-order chi connectivity index (χ1) is 11.6. The SMILES string of the molecule is O=C(Nc1ccccc1)C1CCCN(C(=O)c2cc[n+]([O-])cc2)C1. The molecule has 24 heavy (non-hydrogen) atoms. The largest absolute Gasteiger partial charge is 0.619 e. The third kappa shape index (κ3) is 3.71. The molecule has 1 aliphatic rings. The summed E-state index contributed by atoms with van der Waals surface area (Å²) in [7, 11) is 0. The molecule has 1 aromatic heterocycles. The van der Waals surface area contributed by atoms with Crippen LogP contribution < -0.4 is 10.0 Å². The number of piperidine rings is 1. The molecular weight excluding hydrogens is 306 g/mol. The van der Waals surface area contributed by atoms with Crippen LogP contribution >= 0.6 is 0 Å². The molecule has 1 N–H and O–H groups in total. The smallest absolute Gasteiger partial charge is 0.254 e. The van der Waals surface area contributed by atoms with Crippen LogP contribution in [-0.2, 0) is 4.79 Å². The molecule has 0 spiro atoms. The van der Waals surface area contributed by atoms with Crippen LogP contribution in [0.15, 0.2) is 54.9 Å². The minimum atomic E-state index is -0.226. The zero-order chi connectivity index (χ0) is 16.9. The molecule has 124 valence electrons. The molecule has 0 bridgehead atoms. The first kappa shape index (κ1) is 16.0. The van der Waals surface area contributed by atoms with Crippen molar-refractivity contribution in [3.8, 4) is 0 Å². The van der Waals surface area contributed by atoms with E-state index in [0.717, 1.165) is 18.5 Å². The summed E-state index contributed by atoms with van der Waals surface area (Å²) < 4.78 is 0.642. The molecule has 1 aliphatic heterocycles. The van der Waals surface area contributed by atoms with Gasteiger partial charge in [0, 0.05) is 30.9 Å². The van der Waals surface area contributed by atoms with E-state index in [1.165, 1.54) is 24.5 Å². The van der Waals surface area contributed by atoms with Crippen molar-refractivity contribution in [1.82, 2.24) is 4.90 Å². The van der Waals surface area contributed by atoms with Gasteiger partial charge in [-0.05, 0) is 25.0 Å². The molecule has 0 saturated carbocycles. The van der Waals surface area contributed by atoms with E-state index < -0.39 is 0 Å². The molecule has 1 atom stereocenters. The number of hydrogen-bond acceptors (Lipinski definition) is 3. The van der Waals surface area contributed by atoms with Crippen LogP contribution in [0.2, 0.25) is 0 Å². The Kier molecular flexibility index (Phi) is 4.74. The highest BCUT2D eigenvalue weighted by atomic mass is 16.5. The minimum absolute atomic E-state index is 0.0656. The van der Waals surface area contributed by atoms with Gasteiger partial charge in [0.15, 0.2) is 12.4 Å². The van der Waals surface area contributed by atoms with Crippen molar-refractivity contribution in [3.63, 3.8) is 0 Å². The molecule has 2 aromatic rings. The molecule has 0 radical (unpaired) electrons. The number of hydrogen-bond donors (Lipinski definition) is 1. The van der Waals surface area contributed by atoms with Crippen molar-refractivity contribution in [2.75, 3.05) is 18.4 Å². The molecular formula is C18H19N3O3. The second-order valence-electron chi connectivity index (χ2n) is 5.89. The number of nitrogens with one attached hydrogen (secondary N) is 1. The monoisotopic (exact) mass is 325 g/mol. The normalized spacial score (nSPS) is 17.3. The second-order valence-corrected chi connectivity index (χ2v) is 5.89. The highest BCUT2D eigenvalue weighted by molar-refractivity contribution is 5.96. The van der Waals surface area contributed by atoms with E-state index in [-0.39, 0.29) is 17.7 Å². The van der Waals surface area contributed by atoms with Gasteiger partial charge in [0.25, 0.3) is 5.91 Å². The number of benzene rings is 1. The second kappa shape index (κ2) is 7.12. The van der Waals surface area contributed by atoms with Crippen molar-refractivity contribution in [2.45, 2.75) is 12.8 Å². The van der Waals surface area contributed by atoms with E-state index in [0.29, 0.717) is 23.4 Å². The Morgan fingerprint density at radius 1 is 1.12 bits per heavy atom. The third-order valence-electron chi connectivity index (χ3n) is 4.17. The summed E-state index contributed by atoms with van der Waals surface area (Å²) in [5, 5.41) is 14.0. The lowest BCUT2D eigenvalue weighted by molar-refractivity contribution is -0.605. The summed E-state index contributed by atoms with van der Waals surface area (Å²) >= 11 is 0. The van der Waals surface area contributed by atoms with Crippen molar-refractivity contribution >= 4 is 17.5 Å². The molecule has 6 heteroatoms. The minimum Gasteiger partial charge on any atom is -0.619 e. The van der Waals surface area contributed by atoms with Crippen LogP contribution in [0.4, 0.5) is 5.69 Å². The summed E-state index contributed by atoms with van der Waals surface area (Å²) in [6.45, 7) is 1.02. The average molecular weight is 325 g/mol. The van der Waals surface area contributed by atoms with E-state index in [2.05, 4.69) is 5.32 Å². The van der Waals surface area contributed by atoms with Gasteiger partial charge >= 0.3 is 0 Å². The van der Waals surface area contributed by atoms with E-state index in [1.54, 1.807) is 4.90 Å². The number of rotatable bonds is 3. The number of amides is 2. The summed E-state index contributed by atoms with van der Waals surface area (Å²) in [6.07, 6.45) is 4.15. The number of para-hydroxylation sites is 1. The van der Waals surface area contributed by atoms with Gasteiger partial charge in [0.05, 0.1) is 11.5 Å². The van der Waals surface area contributed by atoms with Crippen molar-refractivity contribution < 1.29 is 14.3 Å². The fraction of sp³-hybridized carbons (Fsp3) is 0.278. The maximum Gasteiger partial charge on any atom is 0.254 e. The van der Waals surface area contributed by atoms with Crippen LogP contribution in [0, 0.1) is 11.1 Å². The zero-order valence-electron chi connectivity index (χ0n) is 13.2. The van der Waals surface area contributed by atoms with Gasteiger partial charge in [-0.2, -0.15) is 4.73 Å².